The molecule has 2 atom stereocenters. The van der Waals surface area contributed by atoms with Crippen molar-refractivity contribution < 1.29 is 14.6 Å². The van der Waals surface area contributed by atoms with Crippen molar-refractivity contribution in [3.8, 4) is 11.5 Å². The summed E-state index contributed by atoms with van der Waals surface area (Å²) < 4.78 is 5.02. The molecule has 2 N–H and O–H groups in total. The second-order valence-corrected chi connectivity index (χ2v) is 5.33. The van der Waals surface area contributed by atoms with Gasteiger partial charge in [-0.25, -0.2) is 5.01 Å². The second kappa shape index (κ2) is 6.13. The van der Waals surface area contributed by atoms with E-state index in [1.165, 1.54) is 13.5 Å². The maximum atomic E-state index is 12.3. The zero-order valence-electron chi connectivity index (χ0n) is 12.2. The number of hydrazine groups is 1. The van der Waals surface area contributed by atoms with Gasteiger partial charge in [-0.15, -0.1) is 0 Å². The van der Waals surface area contributed by atoms with E-state index in [4.69, 9.17) is 4.74 Å². The largest absolute Gasteiger partial charge is 0.504 e. The summed E-state index contributed by atoms with van der Waals surface area (Å²) in [6.07, 6.45) is 3.31. The summed E-state index contributed by atoms with van der Waals surface area (Å²) in [7, 11) is 1.46. The number of amides is 1. The summed E-state index contributed by atoms with van der Waals surface area (Å²) in [5, 5.41) is 12.0. The fraction of sp³-hybridized carbons (Fsp3) is 0.533. The average Bonchev–Trinajstić information content (AvgIpc) is 2.43. The topological polar surface area (TPSA) is 61.8 Å². The van der Waals surface area contributed by atoms with Crippen molar-refractivity contribution >= 4 is 5.91 Å². The summed E-state index contributed by atoms with van der Waals surface area (Å²) in [6.45, 7) is 4.20. The molecule has 1 amide bonds. The van der Waals surface area contributed by atoms with Crippen LogP contribution >= 0.6 is 0 Å². The monoisotopic (exact) mass is 278 g/mol. The highest BCUT2D eigenvalue weighted by atomic mass is 16.5. The van der Waals surface area contributed by atoms with E-state index >= 15 is 0 Å². The van der Waals surface area contributed by atoms with Crippen LogP contribution in [-0.4, -0.2) is 35.2 Å². The summed E-state index contributed by atoms with van der Waals surface area (Å²) in [5.41, 5.74) is 3.14. The van der Waals surface area contributed by atoms with Gasteiger partial charge in [-0.05, 0) is 38.8 Å². The molecule has 0 spiro atoms. The number of para-hydroxylation sites is 1. The molecule has 0 aliphatic carbocycles. The highest BCUT2D eigenvalue weighted by Crippen LogP contribution is 2.29. The van der Waals surface area contributed by atoms with Crippen molar-refractivity contribution in [1.29, 1.82) is 0 Å². The Morgan fingerprint density at radius 3 is 2.60 bits per heavy atom. The predicted octanol–water partition coefficient (Wildman–Crippen LogP) is 2.31. The predicted molar refractivity (Wildman–Crippen MR) is 76.7 cm³/mol. The lowest BCUT2D eigenvalue weighted by atomic mass is 10.00. The number of piperidine rings is 1. The Morgan fingerprint density at radius 2 is 2.00 bits per heavy atom. The fourth-order valence-corrected chi connectivity index (χ4v) is 2.69. The molecule has 110 valence electrons. The Morgan fingerprint density at radius 1 is 1.35 bits per heavy atom. The number of carbonyl (C=O) groups excluding carboxylic acids is 1. The third kappa shape index (κ3) is 2.88. The quantitative estimate of drug-likeness (QED) is 0.890. The van der Waals surface area contributed by atoms with E-state index in [1.54, 1.807) is 18.2 Å². The first-order valence-corrected chi connectivity index (χ1v) is 7.00. The number of phenols is 1. The minimum atomic E-state index is -0.304. The van der Waals surface area contributed by atoms with Crippen LogP contribution in [0.25, 0.3) is 0 Å². The Kier molecular flexibility index (Phi) is 4.49. The molecule has 1 aliphatic rings. The third-order valence-corrected chi connectivity index (χ3v) is 3.89. The molecule has 0 saturated carbocycles. The molecule has 1 aromatic rings. The molecule has 1 fully saturated rings. The van der Waals surface area contributed by atoms with Crippen LogP contribution in [0.2, 0.25) is 0 Å². The molecule has 2 rings (SSSR count). The second-order valence-electron chi connectivity index (χ2n) is 5.33. The Hall–Kier alpha value is -1.75. The number of hydrogen-bond donors (Lipinski definition) is 2. The van der Waals surface area contributed by atoms with Crippen LogP contribution in [0.1, 0.15) is 43.5 Å². The van der Waals surface area contributed by atoms with E-state index in [0.717, 1.165) is 12.8 Å². The molecule has 5 nitrogen and oxygen atoms in total. The van der Waals surface area contributed by atoms with E-state index in [1.807, 2.05) is 5.01 Å². The SMILES string of the molecule is COc1cccc(C(=O)NN2C(C)CCCC2C)c1O. The molecule has 2 unspecified atom stereocenters. The van der Waals surface area contributed by atoms with Crippen molar-refractivity contribution in [2.45, 2.75) is 45.2 Å². The minimum Gasteiger partial charge on any atom is -0.504 e. The molecule has 20 heavy (non-hydrogen) atoms. The van der Waals surface area contributed by atoms with Crippen molar-refractivity contribution in [2.24, 2.45) is 0 Å². The number of methoxy groups -OCH3 is 1. The zero-order valence-corrected chi connectivity index (χ0v) is 12.2. The van der Waals surface area contributed by atoms with Gasteiger partial charge in [0.2, 0.25) is 0 Å². The number of benzene rings is 1. The number of nitrogens with one attached hydrogen (secondary N) is 1. The van der Waals surface area contributed by atoms with Gasteiger partial charge in [0.1, 0.15) is 0 Å². The summed E-state index contributed by atoms with van der Waals surface area (Å²) >= 11 is 0. The average molecular weight is 278 g/mol. The number of carbonyl (C=O) groups is 1. The Labute approximate surface area is 119 Å². The van der Waals surface area contributed by atoms with E-state index < -0.39 is 0 Å². The number of phenolic OH excluding ortho intramolecular Hbond substituents is 1. The van der Waals surface area contributed by atoms with Gasteiger partial charge in [-0.3, -0.25) is 10.2 Å². The van der Waals surface area contributed by atoms with Crippen molar-refractivity contribution in [2.75, 3.05) is 7.11 Å². The number of hydrogen-bond acceptors (Lipinski definition) is 4. The number of ether oxygens (including phenoxy) is 1. The van der Waals surface area contributed by atoms with Gasteiger partial charge in [0.05, 0.1) is 12.7 Å². The van der Waals surface area contributed by atoms with Gasteiger partial charge in [0.15, 0.2) is 11.5 Å². The highest BCUT2D eigenvalue weighted by Gasteiger charge is 2.27. The van der Waals surface area contributed by atoms with Crippen molar-refractivity contribution in [1.82, 2.24) is 10.4 Å². The van der Waals surface area contributed by atoms with Crippen LogP contribution in [0.15, 0.2) is 18.2 Å². The van der Waals surface area contributed by atoms with Gasteiger partial charge in [0, 0.05) is 12.1 Å². The molecular formula is C15H22N2O3. The van der Waals surface area contributed by atoms with Crippen molar-refractivity contribution in [3.05, 3.63) is 23.8 Å². The van der Waals surface area contributed by atoms with Crippen LogP contribution in [0.5, 0.6) is 11.5 Å². The zero-order chi connectivity index (χ0) is 14.7. The smallest absolute Gasteiger partial charge is 0.269 e. The number of nitrogens with zero attached hydrogens (tertiary/aromatic N) is 1. The molecular weight excluding hydrogens is 256 g/mol. The van der Waals surface area contributed by atoms with Gasteiger partial charge < -0.3 is 9.84 Å². The Bertz CT molecular complexity index is 480. The lowest BCUT2D eigenvalue weighted by molar-refractivity contribution is 0.0367. The van der Waals surface area contributed by atoms with E-state index in [-0.39, 0.29) is 17.2 Å². The molecule has 1 aromatic carbocycles. The molecule has 5 heteroatoms. The molecule has 0 aromatic heterocycles. The summed E-state index contributed by atoms with van der Waals surface area (Å²) in [4.78, 5) is 12.3. The van der Waals surface area contributed by atoms with Crippen LogP contribution in [0.4, 0.5) is 0 Å². The lowest BCUT2D eigenvalue weighted by Crippen LogP contribution is -2.54. The number of rotatable bonds is 3. The summed E-state index contributed by atoms with van der Waals surface area (Å²) in [6, 6.07) is 5.51. The first-order chi connectivity index (χ1) is 9.54. The maximum Gasteiger partial charge on any atom is 0.269 e. The third-order valence-electron chi connectivity index (χ3n) is 3.89. The molecule has 1 aliphatic heterocycles. The number of aromatic hydroxyl groups is 1. The van der Waals surface area contributed by atoms with Crippen LogP contribution in [-0.2, 0) is 0 Å². The van der Waals surface area contributed by atoms with E-state index in [0.29, 0.717) is 17.8 Å². The van der Waals surface area contributed by atoms with Crippen LogP contribution < -0.4 is 10.2 Å². The van der Waals surface area contributed by atoms with Gasteiger partial charge in [-0.2, -0.15) is 0 Å². The molecule has 1 heterocycles. The van der Waals surface area contributed by atoms with E-state index in [2.05, 4.69) is 19.3 Å². The maximum absolute atomic E-state index is 12.3. The fourth-order valence-electron chi connectivity index (χ4n) is 2.69. The van der Waals surface area contributed by atoms with E-state index in [9.17, 15) is 9.90 Å². The molecule has 1 saturated heterocycles. The van der Waals surface area contributed by atoms with Gasteiger partial charge in [-0.1, -0.05) is 12.5 Å². The van der Waals surface area contributed by atoms with Gasteiger partial charge >= 0.3 is 0 Å². The first kappa shape index (κ1) is 14.7. The minimum absolute atomic E-state index is 0.121. The van der Waals surface area contributed by atoms with Crippen LogP contribution in [0, 0.1) is 0 Å². The standard InChI is InChI=1S/C15H22N2O3/c1-10-6-4-7-11(2)17(10)16-15(19)12-8-5-9-13(20-3)14(12)18/h5,8-11,18H,4,6-7H2,1-3H3,(H,16,19). The first-order valence-electron chi connectivity index (χ1n) is 7.00. The Balaban J connectivity index is 2.15. The van der Waals surface area contributed by atoms with Gasteiger partial charge in [0.25, 0.3) is 5.91 Å². The lowest BCUT2D eigenvalue weighted by Gasteiger charge is -2.38. The molecule has 0 radical (unpaired) electrons. The van der Waals surface area contributed by atoms with Crippen LogP contribution in [0.3, 0.4) is 0 Å². The van der Waals surface area contributed by atoms with Crippen molar-refractivity contribution in [3.63, 3.8) is 0 Å². The molecule has 0 bridgehead atoms. The highest BCUT2D eigenvalue weighted by molar-refractivity contribution is 5.97. The summed E-state index contributed by atoms with van der Waals surface area (Å²) in [5.74, 6) is -0.121. The normalized spacial score (nSPS) is 23.4.